The second kappa shape index (κ2) is 4.75. The topological polar surface area (TPSA) is 24.7 Å². The normalized spacial score (nSPS) is 14.9. The molecular formula is C6H14N2. The summed E-state index contributed by atoms with van der Waals surface area (Å²) in [6.07, 6.45) is 2.34. The quantitative estimate of drug-likeness (QED) is 0.503. The first-order valence-corrected chi connectivity index (χ1v) is 3.10. The van der Waals surface area contributed by atoms with Crippen LogP contribution in [0.4, 0.5) is 0 Å². The minimum absolute atomic E-state index is 0.421. The van der Waals surface area contributed by atoms with Crippen molar-refractivity contribution in [2.24, 2.45) is 10.2 Å². The van der Waals surface area contributed by atoms with Crippen molar-refractivity contribution in [1.29, 1.82) is 0 Å². The van der Waals surface area contributed by atoms with E-state index in [-0.39, 0.29) is 0 Å². The molecule has 0 saturated carbocycles. The summed E-state index contributed by atoms with van der Waals surface area (Å²) in [6, 6.07) is 0.421. The first-order chi connectivity index (χ1) is 3.81. The van der Waals surface area contributed by atoms with Gasteiger partial charge in [-0.15, -0.1) is 0 Å². The number of rotatable bonds is 3. The van der Waals surface area contributed by atoms with E-state index in [1.807, 2.05) is 0 Å². The van der Waals surface area contributed by atoms with Gasteiger partial charge in [0, 0.05) is 7.05 Å². The van der Waals surface area contributed by atoms with Crippen molar-refractivity contribution < 1.29 is 0 Å². The van der Waals surface area contributed by atoms with Crippen molar-refractivity contribution in [2.45, 2.75) is 32.7 Å². The summed E-state index contributed by atoms with van der Waals surface area (Å²) in [7, 11) is 1.71. The van der Waals surface area contributed by atoms with Gasteiger partial charge in [0.2, 0.25) is 0 Å². The van der Waals surface area contributed by atoms with Crippen molar-refractivity contribution in [3.63, 3.8) is 0 Å². The van der Waals surface area contributed by atoms with Crippen LogP contribution in [-0.2, 0) is 0 Å². The molecule has 0 rings (SSSR count). The highest BCUT2D eigenvalue weighted by atomic mass is 15.1. The van der Waals surface area contributed by atoms with E-state index < -0.39 is 0 Å². The Morgan fingerprint density at radius 3 is 2.50 bits per heavy atom. The first kappa shape index (κ1) is 7.60. The maximum atomic E-state index is 3.94. The standard InChI is InChI=1S/C6H14N2/c1-4-5-6(2)8-7-3/h6H,4-5H2,1-3H3/t6-/m1/s1. The zero-order valence-electron chi connectivity index (χ0n) is 5.89. The Kier molecular flexibility index (Phi) is 4.51. The second-order valence-electron chi connectivity index (χ2n) is 1.95. The number of hydrogen-bond donors (Lipinski definition) is 0. The minimum atomic E-state index is 0.421. The van der Waals surface area contributed by atoms with Gasteiger partial charge in [-0.2, -0.15) is 10.2 Å². The molecule has 0 aromatic carbocycles. The van der Waals surface area contributed by atoms with E-state index in [4.69, 9.17) is 0 Å². The van der Waals surface area contributed by atoms with Gasteiger partial charge in [0.25, 0.3) is 0 Å². The summed E-state index contributed by atoms with van der Waals surface area (Å²) in [6.45, 7) is 4.23. The minimum Gasteiger partial charge on any atom is -0.197 e. The molecule has 8 heavy (non-hydrogen) atoms. The average Bonchev–Trinajstić information content (AvgIpc) is 1.68. The fourth-order valence-corrected chi connectivity index (χ4v) is 0.673. The summed E-state index contributed by atoms with van der Waals surface area (Å²) in [5.74, 6) is 0. The van der Waals surface area contributed by atoms with Crippen LogP contribution in [0.5, 0.6) is 0 Å². The molecule has 0 saturated heterocycles. The van der Waals surface area contributed by atoms with Gasteiger partial charge in [0.15, 0.2) is 0 Å². The molecule has 0 amide bonds. The van der Waals surface area contributed by atoms with Crippen LogP contribution in [0.15, 0.2) is 10.2 Å². The third-order valence-corrected chi connectivity index (χ3v) is 1.02. The Morgan fingerprint density at radius 1 is 1.50 bits per heavy atom. The highest BCUT2D eigenvalue weighted by Gasteiger charge is 1.92. The van der Waals surface area contributed by atoms with E-state index in [2.05, 4.69) is 24.1 Å². The molecule has 0 aliphatic carbocycles. The fourth-order valence-electron chi connectivity index (χ4n) is 0.673. The lowest BCUT2D eigenvalue weighted by Crippen LogP contribution is -1.93. The van der Waals surface area contributed by atoms with E-state index >= 15 is 0 Å². The van der Waals surface area contributed by atoms with Crippen LogP contribution in [0.25, 0.3) is 0 Å². The molecule has 48 valence electrons. The first-order valence-electron chi connectivity index (χ1n) is 3.10. The Morgan fingerprint density at radius 2 is 2.12 bits per heavy atom. The van der Waals surface area contributed by atoms with Crippen molar-refractivity contribution in [2.75, 3.05) is 7.05 Å². The van der Waals surface area contributed by atoms with Crippen molar-refractivity contribution >= 4 is 0 Å². The predicted molar refractivity (Wildman–Crippen MR) is 35.1 cm³/mol. The van der Waals surface area contributed by atoms with Gasteiger partial charge in [0.1, 0.15) is 0 Å². The molecule has 0 unspecified atom stereocenters. The van der Waals surface area contributed by atoms with Gasteiger partial charge in [-0.05, 0) is 13.3 Å². The molecule has 0 spiro atoms. The molecule has 0 aliphatic rings. The summed E-state index contributed by atoms with van der Waals surface area (Å²) in [5.41, 5.74) is 0. The summed E-state index contributed by atoms with van der Waals surface area (Å²) in [5, 5.41) is 7.62. The molecule has 0 heterocycles. The molecular weight excluding hydrogens is 100 g/mol. The smallest absolute Gasteiger partial charge is 0.0680 e. The monoisotopic (exact) mass is 114 g/mol. The van der Waals surface area contributed by atoms with Gasteiger partial charge in [0.05, 0.1) is 6.04 Å². The maximum Gasteiger partial charge on any atom is 0.0680 e. The van der Waals surface area contributed by atoms with Crippen molar-refractivity contribution in [3.8, 4) is 0 Å². The Hall–Kier alpha value is -0.400. The predicted octanol–water partition coefficient (Wildman–Crippen LogP) is 2.26. The third kappa shape index (κ3) is 3.78. The van der Waals surface area contributed by atoms with Crippen LogP contribution in [0.2, 0.25) is 0 Å². The molecule has 0 N–H and O–H groups in total. The number of hydrogen-bond acceptors (Lipinski definition) is 2. The van der Waals surface area contributed by atoms with Crippen LogP contribution in [0.1, 0.15) is 26.7 Å². The fraction of sp³-hybridized carbons (Fsp3) is 1.00. The highest BCUT2D eigenvalue weighted by Crippen LogP contribution is 1.98. The van der Waals surface area contributed by atoms with Crippen LogP contribution in [0.3, 0.4) is 0 Å². The summed E-state index contributed by atoms with van der Waals surface area (Å²) < 4.78 is 0. The van der Waals surface area contributed by atoms with Crippen molar-refractivity contribution in [1.82, 2.24) is 0 Å². The Labute approximate surface area is 51.0 Å². The summed E-state index contributed by atoms with van der Waals surface area (Å²) >= 11 is 0. The van der Waals surface area contributed by atoms with E-state index in [1.54, 1.807) is 7.05 Å². The molecule has 0 radical (unpaired) electrons. The average molecular weight is 114 g/mol. The van der Waals surface area contributed by atoms with Crippen molar-refractivity contribution in [3.05, 3.63) is 0 Å². The van der Waals surface area contributed by atoms with Crippen LogP contribution in [0, 0.1) is 0 Å². The molecule has 2 nitrogen and oxygen atoms in total. The molecule has 0 bridgehead atoms. The zero-order valence-corrected chi connectivity index (χ0v) is 5.89. The Balaban J connectivity index is 3.17. The van der Waals surface area contributed by atoms with Crippen LogP contribution < -0.4 is 0 Å². The molecule has 1 atom stereocenters. The van der Waals surface area contributed by atoms with Gasteiger partial charge in [-0.1, -0.05) is 13.3 Å². The Bertz CT molecular complexity index is 68.9. The van der Waals surface area contributed by atoms with Gasteiger partial charge >= 0.3 is 0 Å². The third-order valence-electron chi connectivity index (χ3n) is 1.02. The zero-order chi connectivity index (χ0) is 6.41. The lowest BCUT2D eigenvalue weighted by atomic mass is 10.2. The van der Waals surface area contributed by atoms with Crippen LogP contribution in [-0.4, -0.2) is 13.1 Å². The second-order valence-corrected chi connectivity index (χ2v) is 1.95. The van der Waals surface area contributed by atoms with Gasteiger partial charge in [-0.3, -0.25) is 0 Å². The molecule has 2 heteroatoms. The van der Waals surface area contributed by atoms with E-state index in [0.29, 0.717) is 6.04 Å². The lowest BCUT2D eigenvalue weighted by molar-refractivity contribution is 0.624. The number of azo groups is 1. The van der Waals surface area contributed by atoms with E-state index in [0.717, 1.165) is 6.42 Å². The van der Waals surface area contributed by atoms with Crippen LogP contribution >= 0.6 is 0 Å². The molecule has 0 aromatic rings. The van der Waals surface area contributed by atoms with E-state index in [1.165, 1.54) is 6.42 Å². The van der Waals surface area contributed by atoms with Gasteiger partial charge < -0.3 is 0 Å². The lowest BCUT2D eigenvalue weighted by Gasteiger charge is -1.98. The SMILES string of the molecule is CCC[C@@H](C)N=NC. The highest BCUT2D eigenvalue weighted by molar-refractivity contribution is 4.53. The largest absolute Gasteiger partial charge is 0.197 e. The summed E-state index contributed by atoms with van der Waals surface area (Å²) in [4.78, 5) is 0. The molecule has 0 fully saturated rings. The van der Waals surface area contributed by atoms with Gasteiger partial charge in [-0.25, -0.2) is 0 Å². The molecule has 0 aliphatic heterocycles. The van der Waals surface area contributed by atoms with E-state index in [9.17, 15) is 0 Å². The maximum absolute atomic E-state index is 3.94. The number of nitrogens with zero attached hydrogens (tertiary/aromatic N) is 2. The molecule has 0 aromatic heterocycles.